The lowest BCUT2D eigenvalue weighted by molar-refractivity contribution is 0.111. The fourth-order valence-corrected chi connectivity index (χ4v) is 2.16. The molecule has 4 heteroatoms. The van der Waals surface area contributed by atoms with E-state index in [1.165, 1.54) is 0 Å². The number of phenolic OH excluding ortho intramolecular Hbond substituents is 1. The number of aldehydes is 1. The quantitative estimate of drug-likeness (QED) is 0.808. The van der Waals surface area contributed by atoms with Crippen LogP contribution >= 0.6 is 15.9 Å². The predicted molar refractivity (Wildman–Crippen MR) is 62.4 cm³/mol. The standard InChI is InChI=1S/C11H10BrNO2/c1-6-7-3-8(12)11(15)4-9(7)13(2)10(6)5-14/h3-5,15H,1-2H3. The molecule has 0 aliphatic rings. The zero-order chi connectivity index (χ0) is 11.2. The Morgan fingerprint density at radius 1 is 1.47 bits per heavy atom. The Labute approximate surface area is 95.5 Å². The number of carbonyl (C=O) groups excluding carboxylic acids is 1. The SMILES string of the molecule is Cc1c(C=O)n(C)c2cc(O)c(Br)cc12. The average molecular weight is 268 g/mol. The van der Waals surface area contributed by atoms with Crippen molar-refractivity contribution in [2.24, 2.45) is 7.05 Å². The number of hydrogen-bond acceptors (Lipinski definition) is 2. The Bertz CT molecular complexity index is 512. The maximum atomic E-state index is 10.9. The number of benzene rings is 1. The summed E-state index contributed by atoms with van der Waals surface area (Å²) in [4.78, 5) is 10.9. The van der Waals surface area contributed by atoms with Crippen LogP contribution in [0.25, 0.3) is 10.9 Å². The summed E-state index contributed by atoms with van der Waals surface area (Å²) in [5.74, 6) is 0.181. The van der Waals surface area contributed by atoms with Gasteiger partial charge in [-0.1, -0.05) is 0 Å². The van der Waals surface area contributed by atoms with E-state index in [0.29, 0.717) is 10.2 Å². The van der Waals surface area contributed by atoms with Gasteiger partial charge in [0.1, 0.15) is 5.75 Å². The zero-order valence-electron chi connectivity index (χ0n) is 8.41. The second-order valence-corrected chi connectivity index (χ2v) is 4.36. The largest absolute Gasteiger partial charge is 0.507 e. The summed E-state index contributed by atoms with van der Waals surface area (Å²) in [5.41, 5.74) is 2.43. The van der Waals surface area contributed by atoms with E-state index >= 15 is 0 Å². The van der Waals surface area contributed by atoms with Gasteiger partial charge in [-0.05, 0) is 34.5 Å². The molecule has 0 aliphatic heterocycles. The van der Waals surface area contributed by atoms with E-state index in [-0.39, 0.29) is 5.75 Å². The number of fused-ring (bicyclic) bond motifs is 1. The van der Waals surface area contributed by atoms with Crippen molar-refractivity contribution < 1.29 is 9.90 Å². The van der Waals surface area contributed by atoms with Crippen LogP contribution < -0.4 is 0 Å². The normalized spacial score (nSPS) is 10.9. The van der Waals surface area contributed by atoms with Crippen molar-refractivity contribution in [3.63, 3.8) is 0 Å². The second-order valence-electron chi connectivity index (χ2n) is 3.51. The maximum Gasteiger partial charge on any atom is 0.166 e. The first-order valence-electron chi connectivity index (χ1n) is 4.49. The molecule has 0 amide bonds. The highest BCUT2D eigenvalue weighted by atomic mass is 79.9. The molecule has 2 aromatic rings. The third kappa shape index (κ3) is 1.36. The molecule has 1 heterocycles. The van der Waals surface area contributed by atoms with Gasteiger partial charge in [0.05, 0.1) is 15.7 Å². The fourth-order valence-electron chi connectivity index (χ4n) is 1.82. The van der Waals surface area contributed by atoms with Crippen molar-refractivity contribution in [2.75, 3.05) is 0 Å². The van der Waals surface area contributed by atoms with Crippen LogP contribution in [0.3, 0.4) is 0 Å². The number of phenols is 1. The van der Waals surface area contributed by atoms with Gasteiger partial charge in [-0.25, -0.2) is 0 Å². The van der Waals surface area contributed by atoms with Crippen LogP contribution in [0.15, 0.2) is 16.6 Å². The fraction of sp³-hybridized carbons (Fsp3) is 0.182. The van der Waals surface area contributed by atoms with Crippen LogP contribution in [0, 0.1) is 6.92 Å². The van der Waals surface area contributed by atoms with E-state index in [9.17, 15) is 9.90 Å². The van der Waals surface area contributed by atoms with Gasteiger partial charge >= 0.3 is 0 Å². The number of nitrogens with zero attached hydrogens (tertiary/aromatic N) is 1. The van der Waals surface area contributed by atoms with Crippen molar-refractivity contribution in [3.05, 3.63) is 27.9 Å². The van der Waals surface area contributed by atoms with Crippen LogP contribution in [0.5, 0.6) is 5.75 Å². The summed E-state index contributed by atoms with van der Waals surface area (Å²) in [5, 5.41) is 10.5. The molecular formula is C11H10BrNO2. The molecule has 1 aromatic heterocycles. The maximum absolute atomic E-state index is 10.9. The van der Waals surface area contributed by atoms with E-state index < -0.39 is 0 Å². The number of rotatable bonds is 1. The van der Waals surface area contributed by atoms with Gasteiger partial charge in [0, 0.05) is 18.5 Å². The van der Waals surface area contributed by atoms with Crippen molar-refractivity contribution in [3.8, 4) is 5.75 Å². The molecule has 1 N–H and O–H groups in total. The van der Waals surface area contributed by atoms with E-state index in [1.54, 1.807) is 10.6 Å². The highest BCUT2D eigenvalue weighted by Crippen LogP contribution is 2.32. The molecule has 0 spiro atoms. The highest BCUT2D eigenvalue weighted by molar-refractivity contribution is 9.10. The minimum Gasteiger partial charge on any atom is -0.507 e. The minimum atomic E-state index is 0.181. The molecule has 1 aromatic carbocycles. The molecule has 0 fully saturated rings. The summed E-state index contributed by atoms with van der Waals surface area (Å²) in [6.07, 6.45) is 0.834. The summed E-state index contributed by atoms with van der Waals surface area (Å²) in [6, 6.07) is 3.48. The second kappa shape index (κ2) is 3.38. The number of aromatic hydroxyl groups is 1. The number of carbonyl (C=O) groups is 1. The van der Waals surface area contributed by atoms with Gasteiger partial charge in [0.15, 0.2) is 6.29 Å². The molecule has 2 rings (SSSR count). The molecule has 0 unspecified atom stereocenters. The molecular weight excluding hydrogens is 258 g/mol. The van der Waals surface area contributed by atoms with Crippen molar-refractivity contribution >= 4 is 33.1 Å². The van der Waals surface area contributed by atoms with Crippen LogP contribution in [0.2, 0.25) is 0 Å². The Kier molecular flexibility index (Phi) is 2.31. The third-order valence-corrected chi connectivity index (χ3v) is 3.32. The van der Waals surface area contributed by atoms with Gasteiger partial charge in [0.2, 0.25) is 0 Å². The molecule has 0 radical (unpaired) electrons. The van der Waals surface area contributed by atoms with Crippen LogP contribution in [0.4, 0.5) is 0 Å². The van der Waals surface area contributed by atoms with Gasteiger partial charge in [-0.15, -0.1) is 0 Å². The predicted octanol–water partition coefficient (Wildman–Crippen LogP) is 2.77. The molecule has 15 heavy (non-hydrogen) atoms. The van der Waals surface area contributed by atoms with Crippen molar-refractivity contribution in [1.29, 1.82) is 0 Å². The Morgan fingerprint density at radius 3 is 2.73 bits per heavy atom. The summed E-state index contributed by atoms with van der Waals surface area (Å²) >= 11 is 3.26. The Hall–Kier alpha value is -1.29. The topological polar surface area (TPSA) is 42.2 Å². The van der Waals surface area contributed by atoms with Gasteiger partial charge in [0.25, 0.3) is 0 Å². The minimum absolute atomic E-state index is 0.181. The lowest BCUT2D eigenvalue weighted by Gasteiger charge is -2.00. The number of halogens is 1. The Morgan fingerprint density at radius 2 is 2.13 bits per heavy atom. The van der Waals surface area contributed by atoms with Crippen LogP contribution in [0.1, 0.15) is 16.1 Å². The van der Waals surface area contributed by atoms with Crippen LogP contribution in [-0.2, 0) is 7.05 Å². The summed E-state index contributed by atoms with van der Waals surface area (Å²) in [6.45, 7) is 1.90. The molecule has 0 aliphatic carbocycles. The summed E-state index contributed by atoms with van der Waals surface area (Å²) in [7, 11) is 1.81. The van der Waals surface area contributed by atoms with E-state index in [1.807, 2.05) is 20.0 Å². The number of aryl methyl sites for hydroxylation is 2. The smallest absolute Gasteiger partial charge is 0.166 e. The molecule has 0 saturated heterocycles. The molecule has 0 atom stereocenters. The van der Waals surface area contributed by atoms with E-state index in [2.05, 4.69) is 15.9 Å². The first-order chi connectivity index (χ1) is 7.06. The van der Waals surface area contributed by atoms with Gasteiger partial charge in [-0.3, -0.25) is 4.79 Å². The lowest BCUT2D eigenvalue weighted by atomic mass is 10.1. The molecule has 78 valence electrons. The molecule has 3 nitrogen and oxygen atoms in total. The lowest BCUT2D eigenvalue weighted by Crippen LogP contribution is -1.94. The van der Waals surface area contributed by atoms with Crippen molar-refractivity contribution in [2.45, 2.75) is 6.92 Å². The molecule has 0 saturated carbocycles. The summed E-state index contributed by atoms with van der Waals surface area (Å²) < 4.78 is 2.42. The number of hydrogen-bond donors (Lipinski definition) is 1. The zero-order valence-corrected chi connectivity index (χ0v) is 10.00. The van der Waals surface area contributed by atoms with Crippen molar-refractivity contribution in [1.82, 2.24) is 4.57 Å². The van der Waals surface area contributed by atoms with E-state index in [4.69, 9.17) is 0 Å². The highest BCUT2D eigenvalue weighted by Gasteiger charge is 2.12. The average Bonchev–Trinajstić information content (AvgIpc) is 2.42. The Balaban J connectivity index is 2.96. The first kappa shape index (κ1) is 10.2. The number of aromatic nitrogens is 1. The monoisotopic (exact) mass is 267 g/mol. The van der Waals surface area contributed by atoms with Gasteiger partial charge < -0.3 is 9.67 Å². The molecule has 0 bridgehead atoms. The van der Waals surface area contributed by atoms with Crippen LogP contribution in [-0.4, -0.2) is 16.0 Å². The first-order valence-corrected chi connectivity index (χ1v) is 5.28. The third-order valence-electron chi connectivity index (χ3n) is 2.69. The van der Waals surface area contributed by atoms with Gasteiger partial charge in [-0.2, -0.15) is 0 Å². The van der Waals surface area contributed by atoms with E-state index in [0.717, 1.165) is 22.8 Å².